The van der Waals surface area contributed by atoms with Gasteiger partial charge in [-0.2, -0.15) is 0 Å². The SMILES string of the molecule is CN(c1ccc(OCC(=O)OCC(=O)Nc2nc3ccc([N+](=O)[O-])cc3s2)cc1)S(=O)(=O)c1ccc(Cl)cc1. The van der Waals surface area contributed by atoms with Crippen LogP contribution in [0.25, 0.3) is 10.2 Å². The number of hydrogen-bond acceptors (Lipinski definition) is 10. The van der Waals surface area contributed by atoms with Gasteiger partial charge in [-0.3, -0.25) is 24.5 Å². The van der Waals surface area contributed by atoms with Gasteiger partial charge in [0.15, 0.2) is 18.3 Å². The first-order valence-electron chi connectivity index (χ1n) is 11.0. The first kappa shape index (κ1) is 27.8. The van der Waals surface area contributed by atoms with Crippen LogP contribution in [0.15, 0.2) is 71.6 Å². The van der Waals surface area contributed by atoms with Crippen LogP contribution in [0, 0.1) is 10.1 Å². The Hall–Kier alpha value is -4.27. The van der Waals surface area contributed by atoms with Crippen LogP contribution in [0.4, 0.5) is 16.5 Å². The molecule has 0 aliphatic carbocycles. The number of nitrogens with one attached hydrogen (secondary N) is 1. The number of amides is 1. The molecule has 0 unspecified atom stereocenters. The molecule has 12 nitrogen and oxygen atoms in total. The summed E-state index contributed by atoms with van der Waals surface area (Å²) in [6.45, 7) is -1.08. The third-order valence-corrected chi connectivity index (χ3v) is 8.21. The van der Waals surface area contributed by atoms with E-state index in [1.165, 1.54) is 73.8 Å². The molecule has 0 aliphatic rings. The minimum Gasteiger partial charge on any atom is -0.482 e. The fourth-order valence-electron chi connectivity index (χ4n) is 3.22. The zero-order chi connectivity index (χ0) is 28.2. The van der Waals surface area contributed by atoms with E-state index in [9.17, 15) is 28.1 Å². The molecule has 0 radical (unpaired) electrons. The number of esters is 1. The molecule has 1 amide bonds. The Bertz CT molecular complexity index is 1640. The Labute approximate surface area is 230 Å². The highest BCUT2D eigenvalue weighted by atomic mass is 35.5. The Morgan fingerprint density at radius 1 is 1.08 bits per heavy atom. The molecular weight excluding hydrogens is 572 g/mol. The van der Waals surface area contributed by atoms with E-state index in [1.54, 1.807) is 0 Å². The van der Waals surface area contributed by atoms with Crippen molar-refractivity contribution in [1.82, 2.24) is 4.98 Å². The van der Waals surface area contributed by atoms with Crippen molar-refractivity contribution in [3.8, 4) is 5.75 Å². The van der Waals surface area contributed by atoms with Gasteiger partial charge in [0.05, 0.1) is 25.7 Å². The Morgan fingerprint density at radius 2 is 1.77 bits per heavy atom. The van der Waals surface area contributed by atoms with Gasteiger partial charge in [0.1, 0.15) is 5.75 Å². The predicted molar refractivity (Wildman–Crippen MR) is 145 cm³/mol. The normalized spacial score (nSPS) is 11.1. The second kappa shape index (κ2) is 11.6. The standard InChI is InChI=1S/C24H19ClN4O8S2/c1-28(39(34,35)19-9-2-15(25)3-10-19)16-4-7-18(8-5-16)36-14-23(31)37-13-22(30)27-24-26-20-11-6-17(29(32)33)12-21(20)38-24/h2-12H,13-14H2,1H3,(H,26,27,30). The Kier molecular flexibility index (Phi) is 8.28. The highest BCUT2D eigenvalue weighted by Crippen LogP contribution is 2.29. The first-order valence-corrected chi connectivity index (χ1v) is 13.6. The van der Waals surface area contributed by atoms with Gasteiger partial charge >= 0.3 is 5.97 Å². The number of aromatic nitrogens is 1. The molecule has 1 heterocycles. The number of thiazole rings is 1. The molecule has 0 bridgehead atoms. The Morgan fingerprint density at radius 3 is 2.44 bits per heavy atom. The third-order valence-electron chi connectivity index (χ3n) is 5.22. The molecule has 0 aliphatic heterocycles. The maximum atomic E-state index is 12.8. The molecule has 0 atom stereocenters. The topological polar surface area (TPSA) is 158 Å². The summed E-state index contributed by atoms with van der Waals surface area (Å²) in [6.07, 6.45) is 0. The van der Waals surface area contributed by atoms with Gasteiger partial charge in [0.2, 0.25) is 0 Å². The summed E-state index contributed by atoms with van der Waals surface area (Å²) in [5.74, 6) is -1.18. The summed E-state index contributed by atoms with van der Waals surface area (Å²) < 4.78 is 37.5. The third kappa shape index (κ3) is 6.79. The first-order chi connectivity index (χ1) is 18.5. The van der Waals surface area contributed by atoms with Crippen molar-refractivity contribution in [3.05, 3.63) is 81.9 Å². The van der Waals surface area contributed by atoms with Crippen molar-refractivity contribution < 1.29 is 32.4 Å². The Balaban J connectivity index is 1.25. The zero-order valence-corrected chi connectivity index (χ0v) is 22.5. The summed E-state index contributed by atoms with van der Waals surface area (Å²) >= 11 is 6.87. The average molecular weight is 591 g/mol. The number of nitro benzene ring substituents is 1. The fraction of sp³-hybridized carbons (Fsp3) is 0.125. The van der Waals surface area contributed by atoms with E-state index in [0.29, 0.717) is 20.9 Å². The minimum absolute atomic E-state index is 0.0774. The van der Waals surface area contributed by atoms with E-state index in [4.69, 9.17) is 21.1 Å². The predicted octanol–water partition coefficient (Wildman–Crippen LogP) is 4.24. The number of nitro groups is 1. The molecular formula is C24H19ClN4O8S2. The van der Waals surface area contributed by atoms with Crippen LogP contribution in [-0.2, 0) is 24.3 Å². The molecule has 15 heteroatoms. The molecule has 0 fully saturated rings. The number of fused-ring (bicyclic) bond motifs is 1. The van der Waals surface area contributed by atoms with Gasteiger partial charge in [0, 0.05) is 24.2 Å². The van der Waals surface area contributed by atoms with E-state index < -0.39 is 40.0 Å². The van der Waals surface area contributed by atoms with Crippen LogP contribution in [0.1, 0.15) is 0 Å². The number of anilines is 2. The fourth-order valence-corrected chi connectivity index (χ4v) is 5.46. The quantitative estimate of drug-likeness (QED) is 0.162. The van der Waals surface area contributed by atoms with Crippen LogP contribution in [0.3, 0.4) is 0 Å². The highest BCUT2D eigenvalue weighted by molar-refractivity contribution is 7.92. The summed E-state index contributed by atoms with van der Waals surface area (Å²) in [6, 6.07) is 15.9. The second-order valence-corrected chi connectivity index (χ2v) is 11.3. The molecule has 1 N–H and O–H groups in total. The number of non-ortho nitro benzene ring substituents is 1. The molecule has 0 saturated heterocycles. The van der Waals surface area contributed by atoms with E-state index >= 15 is 0 Å². The molecule has 39 heavy (non-hydrogen) atoms. The van der Waals surface area contributed by atoms with Gasteiger partial charge in [0.25, 0.3) is 21.6 Å². The van der Waals surface area contributed by atoms with Crippen molar-refractivity contribution in [2.75, 3.05) is 29.9 Å². The number of rotatable bonds is 10. The van der Waals surface area contributed by atoms with Crippen molar-refractivity contribution in [3.63, 3.8) is 0 Å². The lowest BCUT2D eigenvalue weighted by Crippen LogP contribution is -2.26. The number of carbonyl (C=O) groups excluding carboxylic acids is 2. The van der Waals surface area contributed by atoms with Gasteiger partial charge in [-0.1, -0.05) is 22.9 Å². The van der Waals surface area contributed by atoms with Crippen LogP contribution >= 0.6 is 22.9 Å². The molecule has 0 spiro atoms. The van der Waals surface area contributed by atoms with Crippen molar-refractivity contribution in [2.45, 2.75) is 4.90 Å². The maximum Gasteiger partial charge on any atom is 0.344 e. The van der Waals surface area contributed by atoms with Crippen molar-refractivity contribution in [2.24, 2.45) is 0 Å². The number of benzene rings is 3. The van der Waals surface area contributed by atoms with E-state index in [-0.39, 0.29) is 21.5 Å². The molecule has 0 saturated carbocycles. The van der Waals surface area contributed by atoms with Gasteiger partial charge in [-0.25, -0.2) is 18.2 Å². The summed E-state index contributed by atoms with van der Waals surface area (Å²) in [4.78, 5) is 38.7. The largest absolute Gasteiger partial charge is 0.482 e. The van der Waals surface area contributed by atoms with Gasteiger partial charge in [-0.15, -0.1) is 0 Å². The monoisotopic (exact) mass is 590 g/mol. The number of hydrogen-bond donors (Lipinski definition) is 1. The van der Waals surface area contributed by atoms with Gasteiger partial charge < -0.3 is 9.47 Å². The van der Waals surface area contributed by atoms with Crippen LogP contribution in [0.5, 0.6) is 5.75 Å². The molecule has 202 valence electrons. The van der Waals surface area contributed by atoms with Crippen LogP contribution < -0.4 is 14.4 Å². The van der Waals surface area contributed by atoms with E-state index in [2.05, 4.69) is 10.3 Å². The number of carbonyl (C=O) groups is 2. The molecule has 3 aromatic carbocycles. The van der Waals surface area contributed by atoms with Crippen LogP contribution in [-0.4, -0.2) is 50.5 Å². The van der Waals surface area contributed by atoms with Crippen molar-refractivity contribution in [1.29, 1.82) is 0 Å². The van der Waals surface area contributed by atoms with E-state index in [0.717, 1.165) is 15.6 Å². The van der Waals surface area contributed by atoms with E-state index in [1.807, 2.05) is 0 Å². The highest BCUT2D eigenvalue weighted by Gasteiger charge is 2.21. The van der Waals surface area contributed by atoms with Crippen molar-refractivity contribution >= 4 is 71.6 Å². The van der Waals surface area contributed by atoms with Gasteiger partial charge in [-0.05, 0) is 54.6 Å². The molecule has 1 aromatic heterocycles. The smallest absolute Gasteiger partial charge is 0.344 e. The number of halogens is 1. The summed E-state index contributed by atoms with van der Waals surface area (Å²) in [5.41, 5.74) is 0.745. The zero-order valence-electron chi connectivity index (χ0n) is 20.1. The average Bonchev–Trinajstić information content (AvgIpc) is 3.32. The lowest BCUT2D eigenvalue weighted by molar-refractivity contribution is -0.384. The minimum atomic E-state index is -3.81. The maximum absolute atomic E-state index is 12.8. The number of ether oxygens (including phenoxy) is 2. The number of sulfonamides is 1. The molecule has 4 rings (SSSR count). The molecule has 4 aromatic rings. The number of nitrogens with zero attached hydrogens (tertiary/aromatic N) is 3. The summed E-state index contributed by atoms with van der Waals surface area (Å²) in [7, 11) is -2.40. The second-order valence-electron chi connectivity index (χ2n) is 7.85. The van der Waals surface area contributed by atoms with Crippen LogP contribution in [0.2, 0.25) is 5.02 Å². The lowest BCUT2D eigenvalue weighted by atomic mass is 10.3. The summed E-state index contributed by atoms with van der Waals surface area (Å²) in [5, 5.41) is 14.0. The lowest BCUT2D eigenvalue weighted by Gasteiger charge is -2.20.